The highest BCUT2D eigenvalue weighted by Crippen LogP contribution is 2.41. The van der Waals surface area contributed by atoms with Crippen molar-refractivity contribution in [3.05, 3.63) is 53.1 Å². The molecule has 0 bridgehead atoms. The number of benzene rings is 2. The molecule has 0 unspecified atom stereocenters. The van der Waals surface area contributed by atoms with Crippen molar-refractivity contribution in [2.45, 2.75) is 45.8 Å². The van der Waals surface area contributed by atoms with Crippen molar-refractivity contribution in [1.82, 2.24) is 5.32 Å². The summed E-state index contributed by atoms with van der Waals surface area (Å²) < 4.78 is 11.5. The standard InChI is InChI=1S/C21H26N2O2S/c1-13-6-7-14(2)17(10-13)22-20(26)23-18-12-21(3,4)25-19-11-15(24-5)8-9-16(18)19/h6-11,18H,12H2,1-5H3,(H2,22,23,26)/t18-/m0/s1. The summed E-state index contributed by atoms with van der Waals surface area (Å²) in [6.45, 7) is 8.33. The van der Waals surface area contributed by atoms with Crippen molar-refractivity contribution in [2.24, 2.45) is 0 Å². The van der Waals surface area contributed by atoms with Gasteiger partial charge < -0.3 is 20.1 Å². The van der Waals surface area contributed by atoms with Gasteiger partial charge in [-0.25, -0.2) is 0 Å². The fraction of sp³-hybridized carbons (Fsp3) is 0.381. The van der Waals surface area contributed by atoms with Gasteiger partial charge in [0.2, 0.25) is 0 Å². The van der Waals surface area contributed by atoms with E-state index in [0.717, 1.165) is 34.7 Å². The van der Waals surface area contributed by atoms with Crippen molar-refractivity contribution >= 4 is 23.0 Å². The van der Waals surface area contributed by atoms with E-state index in [1.54, 1.807) is 7.11 Å². The normalized spacial score (nSPS) is 17.7. The maximum Gasteiger partial charge on any atom is 0.171 e. The van der Waals surface area contributed by atoms with Crippen LogP contribution in [0, 0.1) is 13.8 Å². The third kappa shape index (κ3) is 4.10. The summed E-state index contributed by atoms with van der Waals surface area (Å²) in [5, 5.41) is 7.41. The highest BCUT2D eigenvalue weighted by Gasteiger charge is 2.34. The molecule has 0 radical (unpaired) electrons. The first-order valence-corrected chi connectivity index (χ1v) is 9.20. The minimum absolute atomic E-state index is 0.0739. The smallest absolute Gasteiger partial charge is 0.171 e. The molecule has 1 heterocycles. The molecule has 0 aromatic heterocycles. The summed E-state index contributed by atoms with van der Waals surface area (Å²) >= 11 is 5.58. The molecule has 2 N–H and O–H groups in total. The third-order valence-electron chi connectivity index (χ3n) is 4.62. The van der Waals surface area contributed by atoms with E-state index in [2.05, 4.69) is 56.5 Å². The summed E-state index contributed by atoms with van der Waals surface area (Å²) in [6.07, 6.45) is 0.820. The molecule has 138 valence electrons. The second-order valence-corrected chi connectivity index (χ2v) is 7.85. The van der Waals surface area contributed by atoms with Crippen LogP contribution in [0.5, 0.6) is 11.5 Å². The Kier molecular flexibility index (Phi) is 5.10. The van der Waals surface area contributed by atoms with E-state index in [1.165, 1.54) is 5.56 Å². The van der Waals surface area contributed by atoms with Crippen LogP contribution < -0.4 is 20.1 Å². The molecular formula is C21H26N2O2S. The molecule has 0 aliphatic carbocycles. The predicted octanol–water partition coefficient (Wildman–Crippen LogP) is 4.90. The molecule has 2 aromatic carbocycles. The zero-order chi connectivity index (χ0) is 18.9. The Morgan fingerprint density at radius 3 is 2.69 bits per heavy atom. The van der Waals surface area contributed by atoms with Crippen molar-refractivity contribution in [3.63, 3.8) is 0 Å². The van der Waals surface area contributed by atoms with E-state index in [-0.39, 0.29) is 11.6 Å². The number of rotatable bonds is 3. The Hall–Kier alpha value is -2.27. The summed E-state index contributed by atoms with van der Waals surface area (Å²) in [5.74, 6) is 1.63. The number of nitrogens with one attached hydrogen (secondary N) is 2. The van der Waals surface area contributed by atoms with Crippen molar-refractivity contribution < 1.29 is 9.47 Å². The number of methoxy groups -OCH3 is 1. The first-order valence-electron chi connectivity index (χ1n) is 8.79. The highest BCUT2D eigenvalue weighted by atomic mass is 32.1. The van der Waals surface area contributed by atoms with Crippen LogP contribution in [0.4, 0.5) is 5.69 Å². The van der Waals surface area contributed by atoms with E-state index < -0.39 is 0 Å². The van der Waals surface area contributed by atoms with Gasteiger partial charge >= 0.3 is 0 Å². The van der Waals surface area contributed by atoms with Crippen LogP contribution in [-0.2, 0) is 0 Å². The summed E-state index contributed by atoms with van der Waals surface area (Å²) in [6, 6.07) is 12.3. The van der Waals surface area contributed by atoms with Gasteiger partial charge in [-0.05, 0) is 69.2 Å². The second-order valence-electron chi connectivity index (χ2n) is 7.44. The third-order valence-corrected chi connectivity index (χ3v) is 4.84. The Bertz CT molecular complexity index is 833. The number of fused-ring (bicyclic) bond motifs is 1. The van der Waals surface area contributed by atoms with Gasteiger partial charge in [0.05, 0.1) is 13.2 Å². The summed E-state index contributed by atoms with van der Waals surface area (Å²) in [7, 11) is 1.66. The first kappa shape index (κ1) is 18.5. The minimum atomic E-state index is -0.286. The molecule has 4 nitrogen and oxygen atoms in total. The Balaban J connectivity index is 1.81. The maximum atomic E-state index is 6.14. The Labute approximate surface area is 160 Å². The molecule has 0 saturated carbocycles. The van der Waals surface area contributed by atoms with Crippen LogP contribution in [0.15, 0.2) is 36.4 Å². The zero-order valence-electron chi connectivity index (χ0n) is 16.0. The number of thiocarbonyl (C=S) groups is 1. The number of aryl methyl sites for hydroxylation is 2. The van der Waals surface area contributed by atoms with Crippen molar-refractivity contribution in [2.75, 3.05) is 12.4 Å². The Morgan fingerprint density at radius 2 is 1.96 bits per heavy atom. The van der Waals surface area contributed by atoms with Crippen molar-refractivity contribution in [1.29, 1.82) is 0 Å². The van der Waals surface area contributed by atoms with Gasteiger partial charge in [0.15, 0.2) is 5.11 Å². The van der Waals surface area contributed by atoms with Crippen LogP contribution in [0.2, 0.25) is 0 Å². The molecule has 0 fully saturated rings. The second kappa shape index (κ2) is 7.16. The fourth-order valence-electron chi connectivity index (χ4n) is 3.27. The number of ether oxygens (including phenoxy) is 2. The molecule has 26 heavy (non-hydrogen) atoms. The van der Waals surface area contributed by atoms with Gasteiger partial charge in [0.25, 0.3) is 0 Å². The first-order chi connectivity index (χ1) is 12.3. The SMILES string of the molecule is COc1ccc2c(c1)OC(C)(C)C[C@@H]2NC(=S)Nc1cc(C)ccc1C. The molecule has 1 aliphatic heterocycles. The molecular weight excluding hydrogens is 344 g/mol. The number of hydrogen-bond donors (Lipinski definition) is 2. The molecule has 5 heteroatoms. The summed E-state index contributed by atoms with van der Waals surface area (Å²) in [5.41, 5.74) is 4.20. The molecule has 0 spiro atoms. The zero-order valence-corrected chi connectivity index (χ0v) is 16.8. The molecule has 0 saturated heterocycles. The molecule has 2 aromatic rings. The van der Waals surface area contributed by atoms with Crippen LogP contribution in [0.3, 0.4) is 0 Å². The quantitative estimate of drug-likeness (QED) is 0.752. The molecule has 0 amide bonds. The largest absolute Gasteiger partial charge is 0.497 e. The fourth-order valence-corrected chi connectivity index (χ4v) is 3.53. The van der Waals surface area contributed by atoms with E-state index >= 15 is 0 Å². The predicted molar refractivity (Wildman–Crippen MR) is 110 cm³/mol. The average Bonchev–Trinajstić information content (AvgIpc) is 2.56. The van der Waals surface area contributed by atoms with Gasteiger partial charge in [-0.3, -0.25) is 0 Å². The van der Waals surface area contributed by atoms with Gasteiger partial charge in [-0.2, -0.15) is 0 Å². The lowest BCUT2D eigenvalue weighted by Crippen LogP contribution is -2.42. The lowest BCUT2D eigenvalue weighted by atomic mass is 9.89. The van der Waals surface area contributed by atoms with Crippen LogP contribution in [-0.4, -0.2) is 17.8 Å². The van der Waals surface area contributed by atoms with E-state index in [0.29, 0.717) is 5.11 Å². The number of hydrogen-bond acceptors (Lipinski definition) is 3. The van der Waals surface area contributed by atoms with Gasteiger partial charge in [0.1, 0.15) is 17.1 Å². The molecule has 3 rings (SSSR count). The number of anilines is 1. The lowest BCUT2D eigenvalue weighted by molar-refractivity contribution is 0.0693. The van der Waals surface area contributed by atoms with Gasteiger partial charge in [-0.15, -0.1) is 0 Å². The summed E-state index contributed by atoms with van der Waals surface area (Å²) in [4.78, 5) is 0. The van der Waals surface area contributed by atoms with Crippen LogP contribution >= 0.6 is 12.2 Å². The van der Waals surface area contributed by atoms with Crippen molar-refractivity contribution in [3.8, 4) is 11.5 Å². The van der Waals surface area contributed by atoms with Crippen LogP contribution in [0.25, 0.3) is 0 Å². The van der Waals surface area contributed by atoms with E-state index in [9.17, 15) is 0 Å². The maximum absolute atomic E-state index is 6.14. The van der Waals surface area contributed by atoms with E-state index in [4.69, 9.17) is 21.7 Å². The molecule has 1 atom stereocenters. The van der Waals surface area contributed by atoms with E-state index in [1.807, 2.05) is 18.2 Å². The topological polar surface area (TPSA) is 42.5 Å². The Morgan fingerprint density at radius 1 is 1.19 bits per heavy atom. The lowest BCUT2D eigenvalue weighted by Gasteiger charge is -2.38. The van der Waals surface area contributed by atoms with Crippen LogP contribution in [0.1, 0.15) is 43.0 Å². The monoisotopic (exact) mass is 370 g/mol. The van der Waals surface area contributed by atoms with Gasteiger partial charge in [0, 0.05) is 23.7 Å². The van der Waals surface area contributed by atoms with Gasteiger partial charge in [-0.1, -0.05) is 12.1 Å². The average molecular weight is 371 g/mol. The highest BCUT2D eigenvalue weighted by molar-refractivity contribution is 7.80. The molecule has 1 aliphatic rings. The minimum Gasteiger partial charge on any atom is -0.497 e.